The van der Waals surface area contributed by atoms with Crippen LogP contribution in [0.2, 0.25) is 0 Å². The molecule has 1 heterocycles. The van der Waals surface area contributed by atoms with Gasteiger partial charge in [-0.2, -0.15) is 0 Å². The van der Waals surface area contributed by atoms with Gasteiger partial charge >= 0.3 is 0 Å². The third kappa shape index (κ3) is 7.12. The Morgan fingerprint density at radius 2 is 1.46 bits per heavy atom. The lowest BCUT2D eigenvalue weighted by Crippen LogP contribution is -2.45. The van der Waals surface area contributed by atoms with Crippen LogP contribution in [0.1, 0.15) is 6.92 Å². The second kappa shape index (κ2) is 11.5. The Morgan fingerprint density at radius 3 is 2.05 bits per heavy atom. The maximum atomic E-state index is 13.0. The van der Waals surface area contributed by atoms with Gasteiger partial charge in [0.1, 0.15) is 17.5 Å². The maximum absolute atomic E-state index is 13.0. The van der Waals surface area contributed by atoms with Crippen molar-refractivity contribution in [1.82, 2.24) is 4.98 Å². The Kier molecular flexibility index (Phi) is 8.17. The summed E-state index contributed by atoms with van der Waals surface area (Å²) in [6, 6.07) is 23.0. The zero-order chi connectivity index (χ0) is 28.0. The number of benzene rings is 3. The molecule has 1 atom stereocenters. The number of ether oxygens (including phenoxy) is 1. The number of rotatable bonds is 10. The molecule has 0 unspecified atom stereocenters. The van der Waals surface area contributed by atoms with Crippen LogP contribution >= 0.6 is 0 Å². The van der Waals surface area contributed by atoms with Gasteiger partial charge in [-0.15, -0.1) is 0 Å². The molecule has 4 aromatic rings. The summed E-state index contributed by atoms with van der Waals surface area (Å²) in [6.45, 7) is 1.46. The van der Waals surface area contributed by atoms with Crippen molar-refractivity contribution >= 4 is 43.0 Å². The van der Waals surface area contributed by atoms with E-state index in [0.29, 0.717) is 22.9 Å². The van der Waals surface area contributed by atoms with Crippen molar-refractivity contribution in [2.75, 3.05) is 20.6 Å². The van der Waals surface area contributed by atoms with Gasteiger partial charge < -0.3 is 10.1 Å². The number of hydrogen-bond donors (Lipinski definition) is 2. The van der Waals surface area contributed by atoms with E-state index in [2.05, 4.69) is 15.0 Å². The summed E-state index contributed by atoms with van der Waals surface area (Å²) in [7, 11) is -7.71. The molecule has 0 bridgehead atoms. The van der Waals surface area contributed by atoms with Crippen LogP contribution in [0.4, 0.5) is 17.1 Å². The van der Waals surface area contributed by atoms with Crippen LogP contribution in [-0.2, 0) is 24.8 Å². The van der Waals surface area contributed by atoms with Gasteiger partial charge in [0, 0.05) is 11.9 Å². The number of hydrogen-bond acceptors (Lipinski definition) is 7. The highest BCUT2D eigenvalue weighted by atomic mass is 32.2. The third-order valence-electron chi connectivity index (χ3n) is 5.50. The molecule has 2 N–H and O–H groups in total. The van der Waals surface area contributed by atoms with Crippen molar-refractivity contribution in [3.8, 4) is 11.5 Å². The fourth-order valence-electron chi connectivity index (χ4n) is 3.70. The van der Waals surface area contributed by atoms with Crippen LogP contribution < -0.4 is 19.1 Å². The summed E-state index contributed by atoms with van der Waals surface area (Å²) in [5.74, 6) is 0.530. The highest BCUT2D eigenvalue weighted by Gasteiger charge is 2.29. The van der Waals surface area contributed by atoms with E-state index in [1.807, 2.05) is 18.2 Å². The lowest BCUT2D eigenvalue weighted by atomic mass is 10.2. The number of carbonyl (C=O) groups excluding carboxylic acids is 1. The summed E-state index contributed by atoms with van der Waals surface area (Å²) in [5.41, 5.74) is 0.889. The second-order valence-electron chi connectivity index (χ2n) is 8.50. The average Bonchev–Trinajstić information content (AvgIpc) is 2.90. The molecular formula is C27H26N4O6S2. The fraction of sp³-hybridized carbons (Fsp3) is 0.111. The van der Waals surface area contributed by atoms with Gasteiger partial charge in [-0.25, -0.2) is 16.8 Å². The lowest BCUT2D eigenvalue weighted by Gasteiger charge is -2.28. The van der Waals surface area contributed by atoms with E-state index in [9.17, 15) is 21.6 Å². The van der Waals surface area contributed by atoms with E-state index in [4.69, 9.17) is 4.74 Å². The topological polar surface area (TPSA) is 135 Å². The van der Waals surface area contributed by atoms with Crippen molar-refractivity contribution < 1.29 is 26.4 Å². The molecule has 39 heavy (non-hydrogen) atoms. The molecule has 12 heteroatoms. The van der Waals surface area contributed by atoms with E-state index in [-0.39, 0.29) is 10.6 Å². The first-order chi connectivity index (χ1) is 18.5. The molecule has 202 valence electrons. The quantitative estimate of drug-likeness (QED) is 0.289. The van der Waals surface area contributed by atoms with Crippen LogP contribution in [0.3, 0.4) is 0 Å². The van der Waals surface area contributed by atoms with Crippen molar-refractivity contribution in [3.63, 3.8) is 0 Å². The number of anilines is 3. The summed E-state index contributed by atoms with van der Waals surface area (Å²) in [6.07, 6.45) is 3.92. The molecule has 0 aliphatic carbocycles. The first-order valence-corrected chi connectivity index (χ1v) is 15.0. The summed E-state index contributed by atoms with van der Waals surface area (Å²) >= 11 is 0. The average molecular weight is 567 g/mol. The SMILES string of the molecule is C[C@H](C(=O)Nc1ccc(S(=O)(=O)Nc2cccnc2)cc1)N(c1ccc(Oc2ccccc2)cc1)S(C)(=O)=O. The van der Waals surface area contributed by atoms with Gasteiger partial charge in [0.05, 0.1) is 28.7 Å². The number of pyridine rings is 1. The normalized spacial score (nSPS) is 12.3. The number of sulfonamides is 2. The van der Waals surface area contributed by atoms with Crippen LogP contribution in [-0.4, -0.2) is 40.0 Å². The van der Waals surface area contributed by atoms with E-state index in [1.54, 1.807) is 48.5 Å². The zero-order valence-corrected chi connectivity index (χ0v) is 22.7. The largest absolute Gasteiger partial charge is 0.457 e. The maximum Gasteiger partial charge on any atom is 0.261 e. The Morgan fingerprint density at radius 1 is 0.821 bits per heavy atom. The molecule has 0 saturated carbocycles. The Balaban J connectivity index is 1.46. The number of aromatic nitrogens is 1. The monoisotopic (exact) mass is 566 g/mol. The molecule has 1 aromatic heterocycles. The van der Waals surface area contributed by atoms with E-state index in [1.165, 1.54) is 43.6 Å². The Labute approximate surface area is 227 Å². The Hall–Kier alpha value is -4.42. The number of carbonyl (C=O) groups is 1. The second-order valence-corrected chi connectivity index (χ2v) is 12.0. The van der Waals surface area contributed by atoms with Crippen molar-refractivity contribution in [3.05, 3.63) is 103 Å². The standard InChI is InChI=1S/C27H26N4O6S2/c1-20(31(38(2,33)34)23-12-14-25(15-13-23)37-24-8-4-3-5-9-24)27(32)29-21-10-16-26(17-11-21)39(35,36)30-22-7-6-18-28-19-22/h3-20,30H,1-2H3,(H,29,32)/t20-/m1/s1. The molecule has 0 radical (unpaired) electrons. The van der Waals surface area contributed by atoms with Gasteiger partial charge in [0.25, 0.3) is 10.0 Å². The minimum atomic E-state index is -3.87. The number of nitrogens with one attached hydrogen (secondary N) is 2. The fourth-order valence-corrected chi connectivity index (χ4v) is 5.91. The number of nitrogens with zero attached hydrogens (tertiary/aromatic N) is 2. The molecule has 0 aliphatic heterocycles. The van der Waals surface area contributed by atoms with Crippen LogP contribution in [0, 0.1) is 0 Å². The molecule has 3 aromatic carbocycles. The third-order valence-corrected chi connectivity index (χ3v) is 8.14. The van der Waals surface area contributed by atoms with Crippen LogP contribution in [0.5, 0.6) is 11.5 Å². The molecule has 4 rings (SSSR count). The highest BCUT2D eigenvalue weighted by molar-refractivity contribution is 7.92. The molecule has 10 nitrogen and oxygen atoms in total. The van der Waals surface area contributed by atoms with Crippen molar-refractivity contribution in [2.45, 2.75) is 17.9 Å². The number of amides is 1. The number of para-hydroxylation sites is 1. The molecule has 0 fully saturated rings. The minimum absolute atomic E-state index is 0.0204. The van der Waals surface area contributed by atoms with Crippen LogP contribution in [0.15, 0.2) is 108 Å². The molecule has 1 amide bonds. The first kappa shape index (κ1) is 27.6. The predicted molar refractivity (Wildman–Crippen MR) is 150 cm³/mol. The molecule has 0 aliphatic rings. The van der Waals surface area contributed by atoms with E-state index >= 15 is 0 Å². The van der Waals surface area contributed by atoms with Crippen molar-refractivity contribution in [1.29, 1.82) is 0 Å². The highest BCUT2D eigenvalue weighted by Crippen LogP contribution is 2.27. The predicted octanol–water partition coefficient (Wildman–Crippen LogP) is 4.47. The first-order valence-electron chi connectivity index (χ1n) is 11.7. The molecule has 0 saturated heterocycles. The van der Waals surface area contributed by atoms with Gasteiger partial charge in [0.15, 0.2) is 0 Å². The summed E-state index contributed by atoms with van der Waals surface area (Å²) < 4.78 is 59.7. The minimum Gasteiger partial charge on any atom is -0.457 e. The summed E-state index contributed by atoms with van der Waals surface area (Å²) in [4.78, 5) is 16.9. The van der Waals surface area contributed by atoms with Crippen molar-refractivity contribution in [2.24, 2.45) is 0 Å². The molecule has 0 spiro atoms. The molecular weight excluding hydrogens is 540 g/mol. The van der Waals surface area contributed by atoms with Gasteiger partial charge in [0.2, 0.25) is 15.9 Å². The van der Waals surface area contributed by atoms with Gasteiger partial charge in [-0.05, 0) is 79.7 Å². The van der Waals surface area contributed by atoms with Gasteiger partial charge in [-0.3, -0.25) is 18.8 Å². The van der Waals surface area contributed by atoms with Crippen LogP contribution in [0.25, 0.3) is 0 Å². The Bertz CT molecular complexity index is 1630. The van der Waals surface area contributed by atoms with E-state index < -0.39 is 32.0 Å². The zero-order valence-electron chi connectivity index (χ0n) is 21.1. The smallest absolute Gasteiger partial charge is 0.261 e. The van der Waals surface area contributed by atoms with E-state index in [0.717, 1.165) is 10.6 Å². The lowest BCUT2D eigenvalue weighted by molar-refractivity contribution is -0.116. The van der Waals surface area contributed by atoms with Gasteiger partial charge in [-0.1, -0.05) is 18.2 Å². The summed E-state index contributed by atoms with van der Waals surface area (Å²) in [5, 5.41) is 2.64.